The molecule has 1 aliphatic rings. The van der Waals surface area contributed by atoms with Gasteiger partial charge in [0.25, 0.3) is 5.91 Å². The zero-order valence-corrected chi connectivity index (χ0v) is 11.9. The second kappa shape index (κ2) is 5.86. The molecule has 0 spiro atoms. The molecule has 3 rings (SSSR count). The Morgan fingerprint density at radius 1 is 1.30 bits per heavy atom. The first-order valence-corrected chi connectivity index (χ1v) is 6.86. The van der Waals surface area contributed by atoms with Gasteiger partial charge in [0.15, 0.2) is 0 Å². The molecule has 0 bridgehead atoms. The van der Waals surface area contributed by atoms with E-state index in [-0.39, 0.29) is 12.4 Å². The molecule has 23 heavy (non-hydrogen) atoms. The molecule has 0 saturated heterocycles. The van der Waals surface area contributed by atoms with Crippen molar-refractivity contribution < 1.29 is 22.7 Å². The highest BCUT2D eigenvalue weighted by Gasteiger charge is 2.32. The highest BCUT2D eigenvalue weighted by Crippen LogP contribution is 2.27. The number of benzene rings is 1. The van der Waals surface area contributed by atoms with Gasteiger partial charge >= 0.3 is 6.18 Å². The second-order valence-electron chi connectivity index (χ2n) is 4.96. The molecule has 1 aromatic heterocycles. The Morgan fingerprint density at radius 3 is 2.91 bits per heavy atom. The van der Waals surface area contributed by atoms with E-state index in [1.165, 1.54) is 0 Å². The fraction of sp³-hybridized carbons (Fsp3) is 0.267. The fourth-order valence-electron chi connectivity index (χ4n) is 2.23. The molecule has 0 aliphatic carbocycles. The number of amides is 1. The SMILES string of the molecule is O=C(NCc1nccc(C(F)(F)F)n1)c1ccc2c(c1)CCO2. The van der Waals surface area contributed by atoms with Crippen LogP contribution in [0.15, 0.2) is 30.5 Å². The molecule has 2 heterocycles. The van der Waals surface area contributed by atoms with Crippen LogP contribution < -0.4 is 10.1 Å². The first-order chi connectivity index (χ1) is 10.9. The lowest BCUT2D eigenvalue weighted by atomic mass is 10.1. The van der Waals surface area contributed by atoms with Crippen LogP contribution in [-0.4, -0.2) is 22.5 Å². The van der Waals surface area contributed by atoms with Crippen LogP contribution in [0.1, 0.15) is 27.4 Å². The van der Waals surface area contributed by atoms with Gasteiger partial charge in [-0.3, -0.25) is 4.79 Å². The fourth-order valence-corrected chi connectivity index (χ4v) is 2.23. The van der Waals surface area contributed by atoms with Gasteiger partial charge in [-0.15, -0.1) is 0 Å². The van der Waals surface area contributed by atoms with E-state index >= 15 is 0 Å². The van der Waals surface area contributed by atoms with Crippen molar-refractivity contribution >= 4 is 5.91 Å². The topological polar surface area (TPSA) is 64.1 Å². The largest absolute Gasteiger partial charge is 0.493 e. The van der Waals surface area contributed by atoms with Gasteiger partial charge in [0.05, 0.1) is 13.2 Å². The standard InChI is InChI=1S/C15H12F3N3O2/c16-15(17,18)12-3-5-19-13(21-12)8-20-14(22)10-1-2-11-9(7-10)4-6-23-11/h1-3,5,7H,4,6,8H2,(H,20,22). The Hall–Kier alpha value is -2.64. The van der Waals surface area contributed by atoms with E-state index in [0.717, 1.165) is 30.0 Å². The van der Waals surface area contributed by atoms with Crippen molar-refractivity contribution in [1.82, 2.24) is 15.3 Å². The molecule has 0 fully saturated rings. The van der Waals surface area contributed by atoms with Crippen LogP contribution in [0.25, 0.3) is 0 Å². The third-order valence-electron chi connectivity index (χ3n) is 3.35. The minimum absolute atomic E-state index is 0.0994. The van der Waals surface area contributed by atoms with E-state index in [9.17, 15) is 18.0 Å². The summed E-state index contributed by atoms with van der Waals surface area (Å²) >= 11 is 0. The molecule has 2 aromatic rings. The predicted molar refractivity (Wildman–Crippen MR) is 73.8 cm³/mol. The molecule has 0 unspecified atom stereocenters. The van der Waals surface area contributed by atoms with Crippen LogP contribution in [-0.2, 0) is 19.1 Å². The summed E-state index contributed by atoms with van der Waals surface area (Å²) in [4.78, 5) is 19.2. The van der Waals surface area contributed by atoms with Crippen molar-refractivity contribution in [2.45, 2.75) is 19.1 Å². The van der Waals surface area contributed by atoms with E-state index in [2.05, 4.69) is 15.3 Å². The van der Waals surface area contributed by atoms with Gasteiger partial charge in [-0.1, -0.05) is 0 Å². The van der Waals surface area contributed by atoms with Gasteiger partial charge in [0.2, 0.25) is 0 Å². The number of ether oxygens (including phenoxy) is 1. The molecule has 5 nitrogen and oxygen atoms in total. The smallest absolute Gasteiger partial charge is 0.433 e. The van der Waals surface area contributed by atoms with E-state index < -0.39 is 17.8 Å². The van der Waals surface area contributed by atoms with Crippen LogP contribution >= 0.6 is 0 Å². The molecular weight excluding hydrogens is 311 g/mol. The molecule has 1 N–H and O–H groups in total. The van der Waals surface area contributed by atoms with Gasteiger partial charge in [0, 0.05) is 18.2 Å². The van der Waals surface area contributed by atoms with E-state index in [1.54, 1.807) is 18.2 Å². The number of hydrogen-bond donors (Lipinski definition) is 1. The molecule has 1 aliphatic heterocycles. The number of hydrogen-bond acceptors (Lipinski definition) is 4. The Labute approximate surface area is 129 Å². The molecule has 0 radical (unpaired) electrons. The van der Waals surface area contributed by atoms with Crippen molar-refractivity contribution in [2.75, 3.05) is 6.61 Å². The lowest BCUT2D eigenvalue weighted by Crippen LogP contribution is -2.24. The zero-order valence-electron chi connectivity index (χ0n) is 11.9. The summed E-state index contributed by atoms with van der Waals surface area (Å²) in [6, 6.07) is 5.81. The second-order valence-corrected chi connectivity index (χ2v) is 4.96. The van der Waals surface area contributed by atoms with Crippen molar-refractivity contribution in [3.8, 4) is 5.75 Å². The summed E-state index contributed by atoms with van der Waals surface area (Å²) in [5, 5.41) is 2.51. The summed E-state index contributed by atoms with van der Waals surface area (Å²) in [6.07, 6.45) is -2.79. The summed E-state index contributed by atoms with van der Waals surface area (Å²) in [5.41, 5.74) is 0.320. The maximum absolute atomic E-state index is 12.6. The number of halogens is 3. The zero-order chi connectivity index (χ0) is 16.4. The summed E-state index contributed by atoms with van der Waals surface area (Å²) in [5.74, 6) is 0.251. The van der Waals surface area contributed by atoms with E-state index in [1.807, 2.05) is 0 Å². The van der Waals surface area contributed by atoms with Crippen LogP contribution in [0.3, 0.4) is 0 Å². The number of alkyl halides is 3. The van der Waals surface area contributed by atoms with Crippen LogP contribution in [0, 0.1) is 0 Å². The molecule has 0 atom stereocenters. The number of carbonyl (C=O) groups is 1. The quantitative estimate of drug-likeness (QED) is 0.942. The number of nitrogens with one attached hydrogen (secondary N) is 1. The normalized spacial score (nSPS) is 13.3. The van der Waals surface area contributed by atoms with Gasteiger partial charge in [0.1, 0.15) is 17.3 Å². The third kappa shape index (κ3) is 3.41. The Balaban J connectivity index is 1.67. The Kier molecular flexibility index (Phi) is 3.89. The molecule has 1 amide bonds. The predicted octanol–water partition coefficient (Wildman–Crippen LogP) is 2.36. The van der Waals surface area contributed by atoms with Crippen molar-refractivity contribution in [1.29, 1.82) is 0 Å². The first-order valence-electron chi connectivity index (χ1n) is 6.86. The monoisotopic (exact) mass is 323 g/mol. The maximum Gasteiger partial charge on any atom is 0.433 e. The van der Waals surface area contributed by atoms with Gasteiger partial charge in [-0.2, -0.15) is 13.2 Å². The number of aromatic nitrogens is 2. The third-order valence-corrected chi connectivity index (χ3v) is 3.35. The molecule has 0 saturated carbocycles. The molecule has 1 aromatic carbocycles. The number of fused-ring (bicyclic) bond motifs is 1. The van der Waals surface area contributed by atoms with E-state index in [4.69, 9.17) is 4.74 Å². The minimum Gasteiger partial charge on any atom is -0.493 e. The van der Waals surface area contributed by atoms with Gasteiger partial charge < -0.3 is 10.1 Å². The van der Waals surface area contributed by atoms with E-state index in [0.29, 0.717) is 12.2 Å². The van der Waals surface area contributed by atoms with Gasteiger partial charge in [-0.05, 0) is 29.8 Å². The summed E-state index contributed by atoms with van der Waals surface area (Å²) in [6.45, 7) is 0.398. The Bertz CT molecular complexity index is 747. The minimum atomic E-state index is -4.54. The summed E-state index contributed by atoms with van der Waals surface area (Å²) in [7, 11) is 0. The highest BCUT2D eigenvalue weighted by atomic mass is 19.4. The lowest BCUT2D eigenvalue weighted by molar-refractivity contribution is -0.141. The van der Waals surface area contributed by atoms with Crippen molar-refractivity contribution in [2.24, 2.45) is 0 Å². The molecule has 120 valence electrons. The molecular formula is C15H12F3N3O2. The summed E-state index contributed by atoms with van der Waals surface area (Å²) < 4.78 is 43.1. The van der Waals surface area contributed by atoms with Crippen LogP contribution in [0.2, 0.25) is 0 Å². The van der Waals surface area contributed by atoms with Gasteiger partial charge in [-0.25, -0.2) is 9.97 Å². The first kappa shape index (κ1) is 15.3. The van der Waals surface area contributed by atoms with Crippen LogP contribution in [0.4, 0.5) is 13.2 Å². The number of carbonyl (C=O) groups excluding carboxylic acids is 1. The highest BCUT2D eigenvalue weighted by molar-refractivity contribution is 5.94. The molecule has 8 heteroatoms. The lowest BCUT2D eigenvalue weighted by Gasteiger charge is -2.08. The van der Waals surface area contributed by atoms with Crippen molar-refractivity contribution in [3.63, 3.8) is 0 Å². The van der Waals surface area contributed by atoms with Crippen LogP contribution in [0.5, 0.6) is 5.75 Å². The average Bonchev–Trinajstić information content (AvgIpc) is 2.99. The Morgan fingerprint density at radius 2 is 2.13 bits per heavy atom. The maximum atomic E-state index is 12.6. The average molecular weight is 323 g/mol. The number of rotatable bonds is 3. The number of nitrogens with zero attached hydrogens (tertiary/aromatic N) is 2. The van der Waals surface area contributed by atoms with Crippen molar-refractivity contribution in [3.05, 3.63) is 53.1 Å².